The lowest BCUT2D eigenvalue weighted by Gasteiger charge is -2.26. The Morgan fingerprint density at radius 3 is 1.87 bits per heavy atom. The van der Waals surface area contributed by atoms with Crippen molar-refractivity contribution in [2.24, 2.45) is 0 Å². The lowest BCUT2D eigenvalue weighted by molar-refractivity contribution is -0.385. The van der Waals surface area contributed by atoms with Gasteiger partial charge in [0.25, 0.3) is 17.3 Å². The van der Waals surface area contributed by atoms with Crippen LogP contribution in [0.5, 0.6) is 0 Å². The van der Waals surface area contributed by atoms with Gasteiger partial charge in [-0.3, -0.25) is 35.0 Å². The van der Waals surface area contributed by atoms with E-state index in [4.69, 9.17) is 0 Å². The highest BCUT2D eigenvalue weighted by molar-refractivity contribution is 8.00. The first-order chi connectivity index (χ1) is 18.1. The number of nitrogens with zero attached hydrogens (tertiary/aromatic N) is 4. The Labute approximate surface area is 226 Å². The van der Waals surface area contributed by atoms with Gasteiger partial charge in [0.2, 0.25) is 0 Å². The summed E-state index contributed by atoms with van der Waals surface area (Å²) in [6.07, 6.45) is 4.68. The predicted octanol–water partition coefficient (Wildman–Crippen LogP) is 6.26. The molecule has 0 aliphatic carbocycles. The molecule has 2 aromatic carbocycles. The maximum absolute atomic E-state index is 13.8. The zero-order valence-electron chi connectivity index (χ0n) is 20.2. The van der Waals surface area contributed by atoms with Gasteiger partial charge in [-0.2, -0.15) is 0 Å². The SMILES string of the molecule is CC(C)(NC(=O)c1c(Sc2cccc([N+](=O)[O-])c2)cncc1Sc1cccc([N+](=O)[O-])c1)c1ccccn1. The zero-order valence-corrected chi connectivity index (χ0v) is 21.9. The van der Waals surface area contributed by atoms with Gasteiger partial charge in [0.05, 0.1) is 26.6 Å². The first-order valence-corrected chi connectivity index (χ1v) is 12.8. The molecule has 0 aliphatic rings. The van der Waals surface area contributed by atoms with Crippen LogP contribution in [0.15, 0.2) is 105 Å². The molecule has 2 aromatic heterocycles. The number of hydrogen-bond donors (Lipinski definition) is 1. The predicted molar refractivity (Wildman–Crippen MR) is 143 cm³/mol. The van der Waals surface area contributed by atoms with Crippen LogP contribution in [0.4, 0.5) is 11.4 Å². The largest absolute Gasteiger partial charge is 0.341 e. The molecule has 2 heterocycles. The Kier molecular flexibility index (Phi) is 8.03. The van der Waals surface area contributed by atoms with Gasteiger partial charge in [0.15, 0.2) is 0 Å². The molecule has 0 aliphatic heterocycles. The number of amides is 1. The lowest BCUT2D eigenvalue weighted by atomic mass is 9.99. The third kappa shape index (κ3) is 6.33. The van der Waals surface area contributed by atoms with E-state index in [1.807, 2.05) is 26.0 Å². The molecular weight excluding hydrogens is 526 g/mol. The summed E-state index contributed by atoms with van der Waals surface area (Å²) in [5.74, 6) is -0.413. The molecular formula is C26H21N5O5S2. The monoisotopic (exact) mass is 547 g/mol. The van der Waals surface area contributed by atoms with Gasteiger partial charge in [0, 0.05) is 62.4 Å². The highest BCUT2D eigenvalue weighted by Gasteiger charge is 2.28. The maximum Gasteiger partial charge on any atom is 0.270 e. The summed E-state index contributed by atoms with van der Waals surface area (Å²) in [7, 11) is 0. The number of hydrogen-bond acceptors (Lipinski definition) is 9. The van der Waals surface area contributed by atoms with Crippen molar-refractivity contribution in [2.45, 2.75) is 39.0 Å². The molecule has 0 fully saturated rings. The van der Waals surface area contributed by atoms with E-state index in [2.05, 4.69) is 15.3 Å². The number of pyridine rings is 2. The van der Waals surface area contributed by atoms with E-state index < -0.39 is 21.3 Å². The Balaban J connectivity index is 1.76. The molecule has 0 unspecified atom stereocenters. The quantitative estimate of drug-likeness (QED) is 0.190. The highest BCUT2D eigenvalue weighted by atomic mass is 32.2. The number of carbonyl (C=O) groups is 1. The van der Waals surface area contributed by atoms with E-state index >= 15 is 0 Å². The number of nitrogens with one attached hydrogen (secondary N) is 1. The number of carbonyl (C=O) groups excluding carboxylic acids is 1. The molecule has 1 amide bonds. The molecule has 0 atom stereocenters. The van der Waals surface area contributed by atoms with Gasteiger partial charge < -0.3 is 5.32 Å². The maximum atomic E-state index is 13.8. The number of nitro benzene ring substituents is 2. The number of nitro groups is 2. The third-order valence-electron chi connectivity index (χ3n) is 5.35. The molecule has 4 rings (SSSR count). The number of rotatable bonds is 9. The lowest BCUT2D eigenvalue weighted by Crippen LogP contribution is -2.42. The minimum Gasteiger partial charge on any atom is -0.341 e. The molecule has 4 aromatic rings. The Bertz CT molecular complexity index is 1440. The second-order valence-electron chi connectivity index (χ2n) is 8.52. The van der Waals surface area contributed by atoms with Crippen LogP contribution in [-0.2, 0) is 5.54 Å². The minimum absolute atomic E-state index is 0.0765. The average molecular weight is 548 g/mol. The molecule has 10 nitrogen and oxygen atoms in total. The fourth-order valence-electron chi connectivity index (χ4n) is 3.52. The summed E-state index contributed by atoms with van der Waals surface area (Å²) in [5.41, 5.74) is -0.0392. The standard InChI is InChI=1S/C26H21N5O5S2/c1-26(2,23-11-3-4-12-28-23)29-25(32)24-21(37-19-9-5-7-17(13-19)30(33)34)15-27-16-22(24)38-20-10-6-8-18(14-20)31(35)36/h3-16H,1-2H3,(H,29,32). The topological polar surface area (TPSA) is 141 Å². The van der Waals surface area contributed by atoms with Crippen LogP contribution >= 0.6 is 23.5 Å². The number of non-ortho nitro benzene ring substituents is 2. The van der Waals surface area contributed by atoms with Crippen LogP contribution in [0.25, 0.3) is 0 Å². The van der Waals surface area contributed by atoms with Crippen molar-refractivity contribution in [3.05, 3.63) is 117 Å². The second kappa shape index (κ2) is 11.4. The molecule has 0 saturated heterocycles. The average Bonchev–Trinajstić information content (AvgIpc) is 2.89. The molecule has 1 N–H and O–H groups in total. The normalized spacial score (nSPS) is 11.1. The molecule has 0 radical (unpaired) electrons. The van der Waals surface area contributed by atoms with Crippen molar-refractivity contribution in [3.63, 3.8) is 0 Å². The summed E-state index contributed by atoms with van der Waals surface area (Å²) in [4.78, 5) is 46.1. The van der Waals surface area contributed by atoms with Gasteiger partial charge in [0.1, 0.15) is 0 Å². The van der Waals surface area contributed by atoms with Crippen LogP contribution in [0.2, 0.25) is 0 Å². The Morgan fingerprint density at radius 1 is 0.842 bits per heavy atom. The summed E-state index contributed by atoms with van der Waals surface area (Å²) in [6.45, 7) is 3.66. The van der Waals surface area contributed by atoms with Crippen molar-refractivity contribution in [1.82, 2.24) is 15.3 Å². The summed E-state index contributed by atoms with van der Waals surface area (Å²) in [6, 6.07) is 17.6. The van der Waals surface area contributed by atoms with Gasteiger partial charge in [-0.25, -0.2) is 0 Å². The van der Waals surface area contributed by atoms with Crippen LogP contribution in [0.1, 0.15) is 29.9 Å². The summed E-state index contributed by atoms with van der Waals surface area (Å²) in [5, 5.41) is 25.6. The van der Waals surface area contributed by atoms with E-state index in [1.54, 1.807) is 36.5 Å². The van der Waals surface area contributed by atoms with Gasteiger partial charge in [-0.05, 0) is 38.1 Å². The van der Waals surface area contributed by atoms with Crippen LogP contribution in [0.3, 0.4) is 0 Å². The van der Waals surface area contributed by atoms with E-state index in [-0.39, 0.29) is 16.9 Å². The van der Waals surface area contributed by atoms with Crippen LogP contribution in [-0.4, -0.2) is 25.7 Å². The van der Waals surface area contributed by atoms with Crippen molar-refractivity contribution < 1.29 is 14.6 Å². The van der Waals surface area contributed by atoms with Gasteiger partial charge >= 0.3 is 0 Å². The van der Waals surface area contributed by atoms with Crippen molar-refractivity contribution >= 4 is 40.8 Å². The van der Waals surface area contributed by atoms with Crippen molar-refractivity contribution in [3.8, 4) is 0 Å². The number of aromatic nitrogens is 2. The van der Waals surface area contributed by atoms with Crippen LogP contribution < -0.4 is 5.32 Å². The minimum atomic E-state index is -0.831. The van der Waals surface area contributed by atoms with Crippen molar-refractivity contribution in [1.29, 1.82) is 0 Å². The third-order valence-corrected chi connectivity index (χ3v) is 7.39. The number of benzene rings is 2. The van der Waals surface area contributed by atoms with E-state index in [9.17, 15) is 25.0 Å². The Hall–Kier alpha value is -4.29. The molecule has 192 valence electrons. The fraction of sp³-hybridized carbons (Fsp3) is 0.115. The van der Waals surface area contributed by atoms with E-state index in [0.717, 1.165) is 23.5 Å². The van der Waals surface area contributed by atoms with Gasteiger partial charge in [-0.15, -0.1) is 0 Å². The zero-order chi connectivity index (χ0) is 27.3. The first-order valence-electron chi connectivity index (χ1n) is 11.2. The smallest absolute Gasteiger partial charge is 0.270 e. The fourth-order valence-corrected chi connectivity index (χ4v) is 5.58. The molecule has 0 bridgehead atoms. The van der Waals surface area contributed by atoms with Crippen molar-refractivity contribution in [2.75, 3.05) is 0 Å². The molecule has 12 heteroatoms. The first kappa shape index (κ1) is 26.8. The molecule has 38 heavy (non-hydrogen) atoms. The van der Waals surface area contributed by atoms with Gasteiger partial charge in [-0.1, -0.05) is 41.7 Å². The van der Waals surface area contributed by atoms with E-state index in [0.29, 0.717) is 25.3 Å². The summed E-state index contributed by atoms with van der Waals surface area (Å²) < 4.78 is 0. The second-order valence-corrected chi connectivity index (χ2v) is 10.7. The summed E-state index contributed by atoms with van der Waals surface area (Å²) >= 11 is 2.33. The van der Waals surface area contributed by atoms with E-state index in [1.165, 1.54) is 36.7 Å². The molecule has 0 spiro atoms. The highest BCUT2D eigenvalue weighted by Crippen LogP contribution is 2.39. The molecule has 0 saturated carbocycles. The Morgan fingerprint density at radius 2 is 1.39 bits per heavy atom. The van der Waals surface area contributed by atoms with Crippen LogP contribution in [0, 0.1) is 20.2 Å².